The molecule has 2 amide bonds. The number of rotatable bonds is 17. The first-order valence-corrected chi connectivity index (χ1v) is 37.0. The SMILES string of the molecule is COC(C)c1ccnc(N)n1.Cc1ccc(-n2nc(C(C)(C)C)cc2N)cc1.Cc1ccc(-n2nc(C(C)(C)C)cc2NC(=O)Nc2ccc(OCc3ccnc(N)n3)c3ccccc23)cc1.Nc1nccc(CO)n1.Nc1nccc(COc2ccc(N)c3ccccc23)n1.Nc1nccc(COc2ccc([N+](=O)[O-])c3ccccc23)n1.[CH3-].[Pt]. The minimum absolute atomic E-state index is 0. The number of urea groups is 1. The molecule has 15 rings (SSSR count). The van der Waals surface area contributed by atoms with Crippen molar-refractivity contribution in [1.29, 1.82) is 0 Å². The molecule has 32 nitrogen and oxygen atoms in total. The van der Waals surface area contributed by atoms with Crippen LogP contribution in [0.25, 0.3) is 43.7 Å². The van der Waals surface area contributed by atoms with Gasteiger partial charge in [0.1, 0.15) is 48.7 Å². The Balaban J connectivity index is 0.000000191. The van der Waals surface area contributed by atoms with Crippen LogP contribution in [-0.4, -0.2) is 92.6 Å². The zero-order valence-corrected chi connectivity index (χ0v) is 70.5. The summed E-state index contributed by atoms with van der Waals surface area (Å²) in [6.07, 6.45) is 7.86. The van der Waals surface area contributed by atoms with E-state index >= 15 is 0 Å². The number of amides is 2. The van der Waals surface area contributed by atoms with E-state index in [9.17, 15) is 14.9 Å². The Morgan fingerprint density at radius 1 is 0.475 bits per heavy atom. The van der Waals surface area contributed by atoms with Crippen LogP contribution < -0.4 is 65.0 Å². The van der Waals surface area contributed by atoms with Gasteiger partial charge in [-0.25, -0.2) is 64.0 Å². The average Bonchev–Trinajstić information content (AvgIpc) is 1.45. The number of aryl methyl sites for hydroxylation is 2. The second-order valence-electron chi connectivity index (χ2n) is 28.6. The summed E-state index contributed by atoms with van der Waals surface area (Å²) in [5, 5.41) is 39.8. The summed E-state index contributed by atoms with van der Waals surface area (Å²) in [6, 6.07) is 61.3. The predicted octanol–water partition coefficient (Wildman–Crippen LogP) is 15.1. The average molecular weight is 1800 g/mol. The number of nitrogen functional groups attached to an aromatic ring is 7. The van der Waals surface area contributed by atoms with Gasteiger partial charge < -0.3 is 76.9 Å². The van der Waals surface area contributed by atoms with Crippen molar-refractivity contribution in [3.05, 3.63) is 300 Å². The molecule has 0 fully saturated rings. The largest absolute Gasteiger partial charge is 0.487 e. The number of hydrogen-bond acceptors (Lipinski definition) is 27. The van der Waals surface area contributed by atoms with Crippen LogP contribution in [0.5, 0.6) is 17.2 Å². The molecule has 8 aromatic carbocycles. The number of nitrogens with two attached hydrogens (primary N) is 7. The van der Waals surface area contributed by atoms with Crippen LogP contribution in [-0.2, 0) is 63.1 Å². The number of fused-ring (bicyclic) bond motifs is 3. The minimum Gasteiger partial charge on any atom is -0.487 e. The molecule has 0 saturated heterocycles. The van der Waals surface area contributed by atoms with E-state index in [2.05, 4.69) is 126 Å². The Kier molecular flexibility index (Phi) is 32.3. The molecular formula is C87H97N24O8Pt-. The number of benzene rings is 8. The van der Waals surface area contributed by atoms with Gasteiger partial charge >= 0.3 is 6.03 Å². The van der Waals surface area contributed by atoms with E-state index < -0.39 is 4.92 Å². The molecular weight excluding hydrogens is 1700 g/mol. The van der Waals surface area contributed by atoms with E-state index in [1.54, 1.807) is 95.9 Å². The van der Waals surface area contributed by atoms with Crippen molar-refractivity contribution in [2.24, 2.45) is 0 Å². The molecule has 15 aromatic rings. The molecule has 7 aromatic heterocycles. The number of aromatic nitrogens is 14. The van der Waals surface area contributed by atoms with Crippen molar-refractivity contribution in [2.75, 3.05) is 57.9 Å². The number of methoxy groups -OCH3 is 1. The Hall–Kier alpha value is -14.4. The normalized spacial score (nSPS) is 11.0. The summed E-state index contributed by atoms with van der Waals surface area (Å²) in [5.41, 5.74) is 50.1. The summed E-state index contributed by atoms with van der Waals surface area (Å²) in [5.74, 6) is 4.35. The van der Waals surface area contributed by atoms with Gasteiger partial charge in [0, 0.05) is 121 Å². The van der Waals surface area contributed by atoms with Crippen LogP contribution in [0.15, 0.2) is 231 Å². The van der Waals surface area contributed by atoms with E-state index in [1.165, 1.54) is 17.8 Å². The molecule has 120 heavy (non-hydrogen) atoms. The molecule has 17 N–H and O–H groups in total. The van der Waals surface area contributed by atoms with Crippen LogP contribution in [0.3, 0.4) is 0 Å². The molecule has 0 radical (unpaired) electrons. The number of aliphatic hydroxyl groups is 1. The number of nitro benzene ring substituents is 1. The summed E-state index contributed by atoms with van der Waals surface area (Å²) < 4.78 is 26.2. The topological polar surface area (TPSA) is 488 Å². The molecule has 1 atom stereocenters. The van der Waals surface area contributed by atoms with Gasteiger partial charge in [-0.15, -0.1) is 0 Å². The van der Waals surface area contributed by atoms with Gasteiger partial charge in [0.05, 0.1) is 79.9 Å². The number of nitrogens with zero attached hydrogens (tertiary/aromatic N) is 15. The standard InChI is InChI=1S/C30H31N7O2.C15H12N4O3.C15H14N4O.C14H19N3.C7H11N3O.C5H7N3O.CH3.Pt/c1-19-9-11-21(12-10-19)37-27(17-26(36-37)30(2,3)4)35-29(38)34-24-13-14-25(23-8-6-5-7-22(23)24)39-18-20-15-16-32-28(31)33-20;16-15-17-8-7-10(18-15)9-22-14-6-5-13(19(20)21)11-3-1-2-4-12(11)14;16-13-5-6-14(12-4-2-1-3-11(12)13)20-9-10-7-8-18-15(17)19-10;1-10-5-7-11(8-6-10)17-13(15)9-12(16-17)14(2,3)4;1-5(11-2)6-3-4-9-7(8)10-6;6-5-7-2-1-4(3-9)8-5;;/h5-17H,18H2,1-4H3,(H2,31,32,33)(H2,34,35,38);1-8H,9H2,(H2,16,17,18);1-8H,9,16H2,(H2,17,18,19);5-9H,15H2,1-4H3;3-5H,1-2H3,(H2,8,9,10);1-2,9H,3H2,(H2,6,7,8);1H3;/q;;;;;;-1;. The molecule has 0 spiro atoms. The summed E-state index contributed by atoms with van der Waals surface area (Å²) in [7, 11) is 1.63. The summed E-state index contributed by atoms with van der Waals surface area (Å²) in [6.45, 7) is 19.4. The van der Waals surface area contributed by atoms with Crippen molar-refractivity contribution in [1.82, 2.24) is 69.4 Å². The first-order chi connectivity index (χ1) is 56.5. The van der Waals surface area contributed by atoms with Gasteiger partial charge in [-0.3, -0.25) is 15.4 Å². The zero-order chi connectivity index (χ0) is 84.6. The number of carbonyl (C=O) groups excluding carboxylic acids is 1. The number of carbonyl (C=O) groups is 1. The number of ether oxygens (including phenoxy) is 4. The third-order valence-corrected chi connectivity index (χ3v) is 17.6. The van der Waals surface area contributed by atoms with Crippen molar-refractivity contribution < 1.29 is 54.8 Å². The van der Waals surface area contributed by atoms with Crippen LogP contribution in [0.2, 0.25) is 0 Å². The second-order valence-corrected chi connectivity index (χ2v) is 28.6. The Morgan fingerprint density at radius 3 is 1.29 bits per heavy atom. The van der Waals surface area contributed by atoms with Gasteiger partial charge in [-0.2, -0.15) is 10.2 Å². The fraction of sp³-hybridized carbons (Fsp3) is 0.195. The van der Waals surface area contributed by atoms with Gasteiger partial charge in [0.25, 0.3) is 5.69 Å². The molecule has 0 aliphatic rings. The maximum absolute atomic E-state index is 13.2. The van der Waals surface area contributed by atoms with Gasteiger partial charge in [-0.05, 0) is 112 Å². The van der Waals surface area contributed by atoms with Crippen LogP contribution in [0.4, 0.5) is 63.2 Å². The number of nitrogens with one attached hydrogen (secondary N) is 2. The van der Waals surface area contributed by atoms with Crippen LogP contribution >= 0.6 is 0 Å². The smallest absolute Gasteiger partial charge is 0.324 e. The Morgan fingerprint density at radius 2 is 0.858 bits per heavy atom. The molecule has 7 heterocycles. The van der Waals surface area contributed by atoms with Gasteiger partial charge in [0.2, 0.25) is 29.7 Å². The fourth-order valence-corrected chi connectivity index (χ4v) is 11.3. The fourth-order valence-electron chi connectivity index (χ4n) is 11.3. The van der Waals surface area contributed by atoms with Gasteiger partial charge in [-0.1, -0.05) is 144 Å². The second kappa shape index (κ2) is 42.5. The number of hydrogen-bond donors (Lipinski definition) is 10. The molecule has 0 aliphatic carbocycles. The molecule has 33 heteroatoms. The number of anilines is 9. The predicted molar refractivity (Wildman–Crippen MR) is 467 cm³/mol. The van der Waals surface area contributed by atoms with E-state index in [4.69, 9.17) is 69.3 Å². The maximum Gasteiger partial charge on any atom is 0.324 e. The maximum atomic E-state index is 13.2. The Labute approximate surface area is 708 Å². The molecule has 624 valence electrons. The quantitative estimate of drug-likeness (QED) is 0.0175. The first-order valence-electron chi connectivity index (χ1n) is 37.0. The Bertz CT molecular complexity index is 5910. The number of nitro groups is 1. The van der Waals surface area contributed by atoms with E-state index in [0.717, 1.165) is 72.7 Å². The molecule has 0 saturated carbocycles. The molecule has 0 bridgehead atoms. The molecule has 1 unspecified atom stereocenters. The van der Waals surface area contributed by atoms with Gasteiger partial charge in [0.15, 0.2) is 0 Å². The third kappa shape index (κ3) is 25.6. The van der Waals surface area contributed by atoms with Crippen molar-refractivity contribution in [3.63, 3.8) is 0 Å². The minimum atomic E-state index is -0.406. The van der Waals surface area contributed by atoms with Crippen LogP contribution in [0.1, 0.15) is 106 Å². The van der Waals surface area contributed by atoms with Crippen molar-refractivity contribution in [3.8, 4) is 28.6 Å². The van der Waals surface area contributed by atoms with Crippen molar-refractivity contribution >= 4 is 96.8 Å². The zero-order valence-electron chi connectivity index (χ0n) is 68.2. The number of aliphatic hydroxyl groups excluding tert-OH is 1. The monoisotopic (exact) mass is 1800 g/mol. The van der Waals surface area contributed by atoms with E-state index in [0.29, 0.717) is 63.3 Å². The number of non-ortho nitro benzene ring substituents is 1. The van der Waals surface area contributed by atoms with E-state index in [1.807, 2.05) is 141 Å². The van der Waals surface area contributed by atoms with E-state index in [-0.39, 0.29) is 107 Å². The first kappa shape index (κ1) is 91.2. The summed E-state index contributed by atoms with van der Waals surface area (Å²) in [4.78, 5) is 62.9. The summed E-state index contributed by atoms with van der Waals surface area (Å²) >= 11 is 0. The van der Waals surface area contributed by atoms with Crippen molar-refractivity contribution in [2.45, 2.75) is 106 Å². The molecule has 0 aliphatic heterocycles. The van der Waals surface area contributed by atoms with Crippen LogP contribution in [0, 0.1) is 31.4 Å². The third-order valence-electron chi connectivity index (χ3n) is 17.6.